The predicted molar refractivity (Wildman–Crippen MR) is 86.7 cm³/mol. The molecule has 0 saturated heterocycles. The number of hydrazine groups is 1. The lowest BCUT2D eigenvalue weighted by atomic mass is 9.95. The Balaban J connectivity index is 1.63. The first-order chi connectivity index (χ1) is 11.2. The summed E-state index contributed by atoms with van der Waals surface area (Å²) in [7, 11) is 0. The van der Waals surface area contributed by atoms with E-state index in [0.29, 0.717) is 23.4 Å². The van der Waals surface area contributed by atoms with Gasteiger partial charge in [-0.05, 0) is 25.0 Å². The van der Waals surface area contributed by atoms with E-state index in [1.807, 2.05) is 0 Å². The van der Waals surface area contributed by atoms with Gasteiger partial charge in [-0.2, -0.15) is 0 Å². The highest BCUT2D eigenvalue weighted by Gasteiger charge is 2.17. The van der Waals surface area contributed by atoms with E-state index in [9.17, 15) is 4.79 Å². The number of nitrogens with two attached hydrogens (primary N) is 1. The number of carbonyl (C=O) groups excluding carboxylic acids is 1. The lowest BCUT2D eigenvalue weighted by Gasteiger charge is -2.24. The average molecular weight is 316 g/mol. The topological polar surface area (TPSA) is 118 Å². The molecule has 0 atom stereocenters. The maximum atomic E-state index is 11.8. The number of anilines is 3. The van der Waals surface area contributed by atoms with E-state index in [1.54, 1.807) is 12.1 Å². The summed E-state index contributed by atoms with van der Waals surface area (Å²) in [4.78, 5) is 20.1. The Bertz CT molecular complexity index is 652. The summed E-state index contributed by atoms with van der Waals surface area (Å²) in [6.07, 6.45) is 8.77. The molecule has 0 spiro atoms. The van der Waals surface area contributed by atoms with Crippen molar-refractivity contribution in [3.05, 3.63) is 30.5 Å². The molecule has 1 aliphatic rings. The number of nitrogens with one attached hydrogen (secondary N) is 3. The van der Waals surface area contributed by atoms with Crippen LogP contribution in [-0.4, -0.2) is 21.9 Å². The number of aromatic nitrogens is 2. The summed E-state index contributed by atoms with van der Waals surface area (Å²) in [5.41, 5.74) is 11.6. The van der Waals surface area contributed by atoms with Gasteiger partial charge in [0.05, 0.1) is 6.26 Å². The van der Waals surface area contributed by atoms with Crippen molar-refractivity contribution >= 4 is 23.2 Å². The summed E-state index contributed by atoms with van der Waals surface area (Å²) >= 11 is 0. The highest BCUT2D eigenvalue weighted by atomic mass is 16.3. The molecule has 122 valence electrons. The molecule has 1 saturated carbocycles. The number of nitrogen functional groups attached to an aromatic ring is 1. The first-order valence-electron chi connectivity index (χ1n) is 7.71. The maximum Gasteiger partial charge on any atom is 0.305 e. The molecule has 2 aromatic heterocycles. The monoisotopic (exact) mass is 316 g/mol. The minimum absolute atomic E-state index is 0.200. The predicted octanol–water partition coefficient (Wildman–Crippen LogP) is 2.15. The second-order valence-corrected chi connectivity index (χ2v) is 5.52. The van der Waals surface area contributed by atoms with E-state index < -0.39 is 5.91 Å². The van der Waals surface area contributed by atoms with Gasteiger partial charge in [0, 0.05) is 6.04 Å². The smallest absolute Gasteiger partial charge is 0.305 e. The Hall–Kier alpha value is -2.77. The van der Waals surface area contributed by atoms with Gasteiger partial charge in [-0.3, -0.25) is 15.6 Å². The van der Waals surface area contributed by atoms with Gasteiger partial charge < -0.3 is 15.5 Å². The lowest BCUT2D eigenvalue weighted by molar-refractivity contribution is 0.0935. The van der Waals surface area contributed by atoms with Crippen LogP contribution in [0.5, 0.6) is 0 Å². The van der Waals surface area contributed by atoms with Crippen LogP contribution in [0.1, 0.15) is 42.7 Å². The summed E-state index contributed by atoms with van der Waals surface area (Å²) in [5.74, 6) is 0.723. The molecular formula is C15H20N6O2. The van der Waals surface area contributed by atoms with Crippen molar-refractivity contribution in [2.24, 2.45) is 0 Å². The summed E-state index contributed by atoms with van der Waals surface area (Å²) in [6, 6.07) is 3.59. The van der Waals surface area contributed by atoms with Crippen LogP contribution in [0.2, 0.25) is 0 Å². The van der Waals surface area contributed by atoms with Gasteiger partial charge in [0.1, 0.15) is 12.0 Å². The van der Waals surface area contributed by atoms with Crippen LogP contribution < -0.4 is 21.9 Å². The van der Waals surface area contributed by atoms with Gasteiger partial charge in [0.15, 0.2) is 17.4 Å². The molecular weight excluding hydrogens is 296 g/mol. The molecule has 2 aromatic rings. The van der Waals surface area contributed by atoms with E-state index in [1.165, 1.54) is 31.9 Å². The number of rotatable bonds is 5. The van der Waals surface area contributed by atoms with Gasteiger partial charge in [-0.25, -0.2) is 9.97 Å². The van der Waals surface area contributed by atoms with Crippen molar-refractivity contribution in [3.63, 3.8) is 0 Å². The fourth-order valence-electron chi connectivity index (χ4n) is 2.64. The molecule has 0 radical (unpaired) electrons. The van der Waals surface area contributed by atoms with Crippen molar-refractivity contribution < 1.29 is 9.21 Å². The Morgan fingerprint density at radius 3 is 2.74 bits per heavy atom. The second kappa shape index (κ2) is 6.99. The van der Waals surface area contributed by atoms with Crippen LogP contribution in [0.4, 0.5) is 17.3 Å². The summed E-state index contributed by atoms with van der Waals surface area (Å²) in [5, 5.41) is 3.36. The Kier molecular flexibility index (Phi) is 4.60. The van der Waals surface area contributed by atoms with Crippen molar-refractivity contribution in [2.75, 3.05) is 16.5 Å². The molecule has 8 nitrogen and oxygen atoms in total. The zero-order valence-corrected chi connectivity index (χ0v) is 12.7. The van der Waals surface area contributed by atoms with Crippen molar-refractivity contribution in [1.82, 2.24) is 15.4 Å². The molecule has 2 heterocycles. The van der Waals surface area contributed by atoms with E-state index in [-0.39, 0.29) is 5.76 Å². The molecule has 1 aliphatic carbocycles. The Morgan fingerprint density at radius 2 is 2.00 bits per heavy atom. The maximum absolute atomic E-state index is 11.8. The highest BCUT2D eigenvalue weighted by molar-refractivity contribution is 5.92. The zero-order valence-electron chi connectivity index (χ0n) is 12.7. The van der Waals surface area contributed by atoms with Gasteiger partial charge in [-0.1, -0.05) is 19.3 Å². The minimum Gasteiger partial charge on any atom is -0.459 e. The molecule has 0 aliphatic heterocycles. The fraction of sp³-hybridized carbons (Fsp3) is 0.400. The molecule has 0 aromatic carbocycles. The third kappa shape index (κ3) is 3.71. The third-order valence-corrected chi connectivity index (χ3v) is 3.87. The number of hydrogen-bond donors (Lipinski definition) is 4. The van der Waals surface area contributed by atoms with Crippen LogP contribution in [-0.2, 0) is 0 Å². The molecule has 0 bridgehead atoms. The van der Waals surface area contributed by atoms with Crippen molar-refractivity contribution in [3.8, 4) is 0 Å². The molecule has 8 heteroatoms. The summed E-state index contributed by atoms with van der Waals surface area (Å²) in [6.45, 7) is 0. The van der Waals surface area contributed by atoms with Crippen LogP contribution in [0.3, 0.4) is 0 Å². The number of hydrogen-bond acceptors (Lipinski definition) is 7. The van der Waals surface area contributed by atoms with Gasteiger partial charge in [0.2, 0.25) is 0 Å². The molecule has 3 rings (SSSR count). The molecule has 23 heavy (non-hydrogen) atoms. The van der Waals surface area contributed by atoms with Crippen LogP contribution in [0.25, 0.3) is 0 Å². The number of amides is 1. The summed E-state index contributed by atoms with van der Waals surface area (Å²) < 4.78 is 5.01. The van der Waals surface area contributed by atoms with Crippen LogP contribution in [0, 0.1) is 0 Å². The van der Waals surface area contributed by atoms with E-state index in [2.05, 4.69) is 26.1 Å². The molecule has 0 unspecified atom stereocenters. The van der Waals surface area contributed by atoms with Crippen LogP contribution >= 0.6 is 0 Å². The normalized spacial score (nSPS) is 15.1. The highest BCUT2D eigenvalue weighted by Crippen LogP contribution is 2.26. The van der Waals surface area contributed by atoms with Crippen molar-refractivity contribution in [1.29, 1.82) is 0 Å². The minimum atomic E-state index is -0.408. The first kappa shape index (κ1) is 15.1. The van der Waals surface area contributed by atoms with Gasteiger partial charge in [-0.15, -0.1) is 0 Å². The Morgan fingerprint density at radius 1 is 1.22 bits per heavy atom. The van der Waals surface area contributed by atoms with E-state index in [4.69, 9.17) is 10.2 Å². The largest absolute Gasteiger partial charge is 0.459 e. The van der Waals surface area contributed by atoms with Gasteiger partial charge in [0.25, 0.3) is 0 Å². The number of carbonyl (C=O) groups is 1. The average Bonchev–Trinajstić information content (AvgIpc) is 3.11. The number of furan rings is 1. The van der Waals surface area contributed by atoms with Gasteiger partial charge >= 0.3 is 5.91 Å². The number of nitrogens with zero attached hydrogens (tertiary/aromatic N) is 2. The quantitative estimate of drug-likeness (QED) is 0.624. The van der Waals surface area contributed by atoms with E-state index >= 15 is 0 Å². The zero-order chi connectivity index (χ0) is 16.1. The van der Waals surface area contributed by atoms with E-state index in [0.717, 1.165) is 12.8 Å². The molecule has 1 fully saturated rings. The standard InChI is InChI=1S/C15H20N6O2/c16-12-13(19-10-5-2-1-3-6-10)17-9-18-14(12)20-21-15(22)11-7-4-8-23-11/h4,7-10H,1-3,5-6,16H2,(H,21,22)(H2,17,18,19,20). The van der Waals surface area contributed by atoms with Crippen LogP contribution in [0.15, 0.2) is 29.1 Å². The third-order valence-electron chi connectivity index (χ3n) is 3.87. The molecule has 5 N–H and O–H groups in total. The first-order valence-corrected chi connectivity index (χ1v) is 7.71. The fourth-order valence-corrected chi connectivity index (χ4v) is 2.64. The second-order valence-electron chi connectivity index (χ2n) is 5.52. The Labute approximate surface area is 133 Å². The van der Waals surface area contributed by atoms with Crippen molar-refractivity contribution in [2.45, 2.75) is 38.1 Å². The lowest BCUT2D eigenvalue weighted by Crippen LogP contribution is -2.30. The molecule has 1 amide bonds. The SMILES string of the molecule is Nc1c(NNC(=O)c2ccco2)ncnc1NC1CCCCC1.